The molecule has 1 fully saturated rings. The zero-order chi connectivity index (χ0) is 23.0. The zero-order valence-corrected chi connectivity index (χ0v) is 18.5. The SMILES string of the molecule is CC(C)(C)NC(=O)c1ccc(/C=C2\SC(=S)N(c3cccc(C(F)(F)F)c3)C2=O)cc1. The summed E-state index contributed by atoms with van der Waals surface area (Å²) in [5, 5.41) is 2.86. The second-order valence-corrected chi connectivity index (χ2v) is 9.57. The van der Waals surface area contributed by atoms with Crippen molar-refractivity contribution in [2.45, 2.75) is 32.5 Å². The zero-order valence-electron chi connectivity index (χ0n) is 16.9. The molecule has 1 aliphatic rings. The predicted molar refractivity (Wildman–Crippen MR) is 121 cm³/mol. The van der Waals surface area contributed by atoms with Crippen LogP contribution in [0.15, 0.2) is 53.4 Å². The average molecular weight is 465 g/mol. The Bertz CT molecular complexity index is 1070. The van der Waals surface area contributed by atoms with E-state index in [1.54, 1.807) is 30.3 Å². The number of thiocarbonyl (C=S) groups is 1. The van der Waals surface area contributed by atoms with Crippen molar-refractivity contribution < 1.29 is 22.8 Å². The molecule has 0 unspecified atom stereocenters. The van der Waals surface area contributed by atoms with E-state index in [0.29, 0.717) is 11.1 Å². The maximum absolute atomic E-state index is 13.0. The minimum atomic E-state index is -4.52. The summed E-state index contributed by atoms with van der Waals surface area (Å²) in [5.74, 6) is -0.709. The summed E-state index contributed by atoms with van der Waals surface area (Å²) in [5.41, 5.74) is -0.0183. The quantitative estimate of drug-likeness (QED) is 0.472. The lowest BCUT2D eigenvalue weighted by Gasteiger charge is -2.20. The van der Waals surface area contributed by atoms with E-state index in [0.717, 1.165) is 28.8 Å². The Hall–Kier alpha value is -2.65. The van der Waals surface area contributed by atoms with Crippen LogP contribution in [0.1, 0.15) is 42.3 Å². The van der Waals surface area contributed by atoms with Crippen molar-refractivity contribution in [1.29, 1.82) is 0 Å². The molecule has 1 N–H and O–H groups in total. The first-order chi connectivity index (χ1) is 14.3. The minimum Gasteiger partial charge on any atom is -0.347 e. The van der Waals surface area contributed by atoms with Crippen molar-refractivity contribution in [3.05, 3.63) is 70.1 Å². The topological polar surface area (TPSA) is 49.4 Å². The number of halogens is 3. The van der Waals surface area contributed by atoms with Crippen LogP contribution in [0.25, 0.3) is 6.08 Å². The standard InChI is InChI=1S/C22H19F3N2O2S2/c1-21(2,3)26-18(28)14-9-7-13(8-10-14)11-17-19(29)27(20(30)31-17)16-6-4-5-15(12-16)22(23,24)25/h4-12H,1-3H3,(H,26,28)/b17-11-. The fraction of sp³-hybridized carbons (Fsp3) is 0.227. The molecular formula is C22H19F3N2O2S2. The summed E-state index contributed by atoms with van der Waals surface area (Å²) >= 11 is 6.24. The molecular weight excluding hydrogens is 445 g/mol. The highest BCUT2D eigenvalue weighted by atomic mass is 32.2. The van der Waals surface area contributed by atoms with Crippen LogP contribution in [0, 0.1) is 0 Å². The molecule has 9 heteroatoms. The molecule has 162 valence electrons. The van der Waals surface area contributed by atoms with Gasteiger partial charge >= 0.3 is 6.18 Å². The number of benzene rings is 2. The van der Waals surface area contributed by atoms with Gasteiger partial charge < -0.3 is 5.32 Å². The smallest absolute Gasteiger partial charge is 0.347 e. The van der Waals surface area contributed by atoms with Gasteiger partial charge in [0, 0.05) is 11.1 Å². The Morgan fingerprint density at radius 3 is 2.32 bits per heavy atom. The van der Waals surface area contributed by atoms with Crippen molar-refractivity contribution in [3.8, 4) is 0 Å². The number of anilines is 1. The number of carbonyl (C=O) groups excluding carboxylic acids is 2. The molecule has 0 aromatic heterocycles. The van der Waals surface area contributed by atoms with E-state index < -0.39 is 17.6 Å². The number of hydrogen-bond acceptors (Lipinski definition) is 4. The monoisotopic (exact) mass is 464 g/mol. The number of hydrogen-bond donors (Lipinski definition) is 1. The Kier molecular flexibility index (Phi) is 6.29. The highest BCUT2D eigenvalue weighted by molar-refractivity contribution is 8.27. The van der Waals surface area contributed by atoms with Gasteiger partial charge in [0.1, 0.15) is 0 Å². The van der Waals surface area contributed by atoms with Crippen LogP contribution in [-0.2, 0) is 11.0 Å². The summed E-state index contributed by atoms with van der Waals surface area (Å²) < 4.78 is 39.2. The second-order valence-electron chi connectivity index (χ2n) is 7.89. The van der Waals surface area contributed by atoms with Gasteiger partial charge in [-0.1, -0.05) is 42.2 Å². The van der Waals surface area contributed by atoms with E-state index in [2.05, 4.69) is 5.32 Å². The lowest BCUT2D eigenvalue weighted by molar-refractivity contribution is -0.137. The Labute approximate surface area is 187 Å². The van der Waals surface area contributed by atoms with Crippen LogP contribution in [0.2, 0.25) is 0 Å². The third-order valence-corrected chi connectivity index (χ3v) is 5.49. The molecule has 4 nitrogen and oxygen atoms in total. The third-order valence-electron chi connectivity index (χ3n) is 4.18. The number of carbonyl (C=O) groups is 2. The molecule has 0 radical (unpaired) electrons. The molecule has 0 spiro atoms. The summed E-state index contributed by atoms with van der Waals surface area (Å²) in [4.78, 5) is 26.4. The average Bonchev–Trinajstić information content (AvgIpc) is 2.93. The van der Waals surface area contributed by atoms with Gasteiger partial charge in [-0.05, 0) is 62.7 Å². The van der Waals surface area contributed by atoms with Crippen LogP contribution in [0.4, 0.5) is 18.9 Å². The number of thioether (sulfide) groups is 1. The number of amides is 2. The molecule has 2 aromatic rings. The van der Waals surface area contributed by atoms with Gasteiger partial charge in [0.15, 0.2) is 4.32 Å². The van der Waals surface area contributed by atoms with Gasteiger partial charge in [0.25, 0.3) is 11.8 Å². The molecule has 0 aliphatic carbocycles. The molecule has 1 heterocycles. The molecule has 2 amide bonds. The lowest BCUT2D eigenvalue weighted by atomic mass is 10.1. The summed E-state index contributed by atoms with van der Waals surface area (Å²) in [6.07, 6.45) is -2.93. The second kappa shape index (κ2) is 8.47. The van der Waals surface area contributed by atoms with Gasteiger partial charge in [-0.15, -0.1) is 0 Å². The maximum Gasteiger partial charge on any atom is 0.416 e. The van der Waals surface area contributed by atoms with Gasteiger partial charge in [-0.25, -0.2) is 0 Å². The Morgan fingerprint density at radius 2 is 1.74 bits per heavy atom. The van der Waals surface area contributed by atoms with Crippen molar-refractivity contribution >= 4 is 51.9 Å². The number of rotatable bonds is 3. The van der Waals surface area contributed by atoms with Crippen molar-refractivity contribution in [3.63, 3.8) is 0 Å². The van der Waals surface area contributed by atoms with E-state index in [-0.39, 0.29) is 26.4 Å². The van der Waals surface area contributed by atoms with Crippen LogP contribution in [0.3, 0.4) is 0 Å². The minimum absolute atomic E-state index is 0.0647. The van der Waals surface area contributed by atoms with Gasteiger partial charge in [0.2, 0.25) is 0 Å². The highest BCUT2D eigenvalue weighted by Crippen LogP contribution is 2.38. The first-order valence-corrected chi connectivity index (χ1v) is 10.5. The number of nitrogens with one attached hydrogen (secondary N) is 1. The van der Waals surface area contributed by atoms with E-state index >= 15 is 0 Å². The van der Waals surface area contributed by atoms with Crippen LogP contribution in [-0.4, -0.2) is 21.7 Å². The molecule has 2 aromatic carbocycles. The largest absolute Gasteiger partial charge is 0.416 e. The van der Waals surface area contributed by atoms with E-state index in [1.807, 2.05) is 20.8 Å². The summed E-state index contributed by atoms with van der Waals surface area (Å²) in [7, 11) is 0. The molecule has 3 rings (SSSR count). The summed E-state index contributed by atoms with van der Waals surface area (Å²) in [6, 6.07) is 11.1. The molecule has 1 saturated heterocycles. The molecule has 0 bridgehead atoms. The molecule has 31 heavy (non-hydrogen) atoms. The first kappa shape index (κ1) is 23.0. The van der Waals surface area contributed by atoms with Crippen molar-refractivity contribution in [1.82, 2.24) is 5.32 Å². The van der Waals surface area contributed by atoms with Crippen LogP contribution >= 0.6 is 24.0 Å². The Morgan fingerprint density at radius 1 is 1.10 bits per heavy atom. The van der Waals surface area contributed by atoms with Crippen molar-refractivity contribution in [2.75, 3.05) is 4.90 Å². The van der Waals surface area contributed by atoms with E-state index in [9.17, 15) is 22.8 Å². The van der Waals surface area contributed by atoms with E-state index in [4.69, 9.17) is 12.2 Å². The van der Waals surface area contributed by atoms with Gasteiger partial charge in [-0.3, -0.25) is 14.5 Å². The van der Waals surface area contributed by atoms with E-state index in [1.165, 1.54) is 12.1 Å². The van der Waals surface area contributed by atoms with Gasteiger partial charge in [0.05, 0.1) is 16.2 Å². The van der Waals surface area contributed by atoms with Crippen molar-refractivity contribution in [2.24, 2.45) is 0 Å². The normalized spacial score (nSPS) is 16.2. The predicted octanol–water partition coefficient (Wildman–Crippen LogP) is 5.64. The maximum atomic E-state index is 13.0. The summed E-state index contributed by atoms with van der Waals surface area (Å²) in [6.45, 7) is 5.64. The fourth-order valence-electron chi connectivity index (χ4n) is 2.81. The number of nitrogens with zero attached hydrogens (tertiary/aromatic N) is 1. The fourth-order valence-corrected chi connectivity index (χ4v) is 4.11. The molecule has 1 aliphatic heterocycles. The van der Waals surface area contributed by atoms with Crippen LogP contribution < -0.4 is 10.2 Å². The number of alkyl halides is 3. The van der Waals surface area contributed by atoms with Gasteiger partial charge in [-0.2, -0.15) is 13.2 Å². The lowest BCUT2D eigenvalue weighted by Crippen LogP contribution is -2.40. The molecule has 0 saturated carbocycles. The third kappa shape index (κ3) is 5.54. The first-order valence-electron chi connectivity index (χ1n) is 9.23. The Balaban J connectivity index is 1.82. The highest BCUT2D eigenvalue weighted by Gasteiger charge is 2.36. The van der Waals surface area contributed by atoms with Crippen LogP contribution in [0.5, 0.6) is 0 Å². The molecule has 0 atom stereocenters.